The van der Waals surface area contributed by atoms with Crippen LogP contribution in [-0.4, -0.2) is 25.6 Å². The van der Waals surface area contributed by atoms with Crippen molar-refractivity contribution in [3.8, 4) is 16.5 Å². The van der Waals surface area contributed by atoms with Gasteiger partial charge < -0.3 is 9.73 Å². The van der Waals surface area contributed by atoms with E-state index in [9.17, 15) is 14.9 Å². The number of aryl methyl sites for hydroxylation is 1. The number of carbonyl (C=O) groups is 1. The predicted molar refractivity (Wildman–Crippen MR) is 103 cm³/mol. The monoisotopic (exact) mass is 395 g/mol. The van der Waals surface area contributed by atoms with E-state index in [-0.39, 0.29) is 11.4 Å². The lowest BCUT2D eigenvalue weighted by Crippen LogP contribution is -2.15. The van der Waals surface area contributed by atoms with Gasteiger partial charge in [0, 0.05) is 23.6 Å². The Hall–Kier alpha value is -3.79. The average Bonchev–Trinajstić information content (AvgIpc) is 3.42. The molecule has 10 heteroatoms. The van der Waals surface area contributed by atoms with E-state index >= 15 is 0 Å². The highest BCUT2D eigenvalue weighted by Gasteiger charge is 2.17. The Morgan fingerprint density at radius 3 is 2.75 bits per heavy atom. The lowest BCUT2D eigenvalue weighted by Gasteiger charge is -2.08. The Kier molecular flexibility index (Phi) is 4.45. The third-order valence-electron chi connectivity index (χ3n) is 3.85. The van der Waals surface area contributed by atoms with E-state index in [4.69, 9.17) is 4.42 Å². The van der Waals surface area contributed by atoms with E-state index in [1.54, 1.807) is 48.9 Å². The molecular formula is C18H13N5O4S. The van der Waals surface area contributed by atoms with Crippen molar-refractivity contribution in [1.29, 1.82) is 0 Å². The summed E-state index contributed by atoms with van der Waals surface area (Å²) in [4.78, 5) is 27.3. The molecule has 0 saturated heterocycles. The number of thiazole rings is 1. The standard InChI is InChI=1S/C18H13N5O4S/c1-11-9-16(22(21-11)12-4-6-13(7-5-12)23(25)26)20-17(24)14-10-28-18(19-14)15-3-2-8-27-15/h2-10H,1H3,(H,20,24). The number of nitro benzene ring substituents is 1. The molecule has 3 aromatic heterocycles. The van der Waals surface area contributed by atoms with Gasteiger partial charge in [0.2, 0.25) is 0 Å². The van der Waals surface area contributed by atoms with Crippen LogP contribution in [0.15, 0.2) is 58.5 Å². The number of hydrogen-bond donors (Lipinski definition) is 1. The maximum atomic E-state index is 12.6. The van der Waals surface area contributed by atoms with Crippen LogP contribution < -0.4 is 5.32 Å². The molecule has 0 aliphatic rings. The summed E-state index contributed by atoms with van der Waals surface area (Å²) in [6.45, 7) is 1.79. The first-order valence-electron chi connectivity index (χ1n) is 8.13. The minimum Gasteiger partial charge on any atom is -0.462 e. The lowest BCUT2D eigenvalue weighted by molar-refractivity contribution is -0.384. The second-order valence-corrected chi connectivity index (χ2v) is 6.68. The molecule has 1 N–H and O–H groups in total. The Labute approximate surface area is 162 Å². The van der Waals surface area contributed by atoms with Gasteiger partial charge in [0.1, 0.15) is 11.5 Å². The fourth-order valence-corrected chi connectivity index (χ4v) is 3.34. The van der Waals surface area contributed by atoms with Gasteiger partial charge in [-0.1, -0.05) is 0 Å². The first-order chi connectivity index (χ1) is 13.5. The van der Waals surface area contributed by atoms with Crippen molar-refractivity contribution in [1.82, 2.24) is 14.8 Å². The Balaban J connectivity index is 1.58. The summed E-state index contributed by atoms with van der Waals surface area (Å²) < 4.78 is 6.80. The van der Waals surface area contributed by atoms with Crippen LogP contribution in [0.1, 0.15) is 16.2 Å². The van der Waals surface area contributed by atoms with Crippen molar-refractivity contribution >= 4 is 28.7 Å². The molecule has 1 amide bonds. The van der Waals surface area contributed by atoms with Crippen LogP contribution in [0.2, 0.25) is 0 Å². The number of hydrogen-bond acceptors (Lipinski definition) is 7. The van der Waals surface area contributed by atoms with Crippen LogP contribution in [0.4, 0.5) is 11.5 Å². The van der Waals surface area contributed by atoms with E-state index in [0.717, 1.165) is 0 Å². The third kappa shape index (κ3) is 3.40. The zero-order valence-electron chi connectivity index (χ0n) is 14.5. The van der Waals surface area contributed by atoms with Crippen molar-refractivity contribution in [2.75, 3.05) is 5.32 Å². The van der Waals surface area contributed by atoms with E-state index in [1.807, 2.05) is 0 Å². The topological polar surface area (TPSA) is 116 Å². The van der Waals surface area contributed by atoms with Crippen molar-refractivity contribution in [2.24, 2.45) is 0 Å². The van der Waals surface area contributed by atoms with Crippen LogP contribution in [0.5, 0.6) is 0 Å². The maximum Gasteiger partial charge on any atom is 0.276 e. The number of amides is 1. The van der Waals surface area contributed by atoms with Crippen LogP contribution in [-0.2, 0) is 0 Å². The number of aromatic nitrogens is 3. The van der Waals surface area contributed by atoms with Crippen LogP contribution >= 0.6 is 11.3 Å². The van der Waals surface area contributed by atoms with E-state index in [2.05, 4.69) is 15.4 Å². The Morgan fingerprint density at radius 2 is 2.07 bits per heavy atom. The molecular weight excluding hydrogens is 382 g/mol. The van der Waals surface area contributed by atoms with Crippen molar-refractivity contribution < 1.29 is 14.1 Å². The highest BCUT2D eigenvalue weighted by Crippen LogP contribution is 2.25. The van der Waals surface area contributed by atoms with Crippen LogP contribution in [0, 0.1) is 17.0 Å². The summed E-state index contributed by atoms with van der Waals surface area (Å²) in [6, 6.07) is 11.1. The summed E-state index contributed by atoms with van der Waals surface area (Å²) in [5, 5.41) is 20.2. The molecule has 0 aliphatic carbocycles. The first kappa shape index (κ1) is 17.6. The third-order valence-corrected chi connectivity index (χ3v) is 4.70. The van der Waals surface area contributed by atoms with Crippen LogP contribution in [0.3, 0.4) is 0 Å². The summed E-state index contributed by atoms with van der Waals surface area (Å²) in [7, 11) is 0. The molecule has 0 spiro atoms. The van der Waals surface area contributed by atoms with Gasteiger partial charge in [-0.05, 0) is 31.2 Å². The molecule has 0 fully saturated rings. The number of nitrogens with one attached hydrogen (secondary N) is 1. The Morgan fingerprint density at radius 1 is 1.29 bits per heavy atom. The molecule has 4 rings (SSSR count). The van der Waals surface area contributed by atoms with Crippen molar-refractivity contribution in [3.63, 3.8) is 0 Å². The molecule has 0 bridgehead atoms. The zero-order valence-corrected chi connectivity index (χ0v) is 15.3. The second-order valence-electron chi connectivity index (χ2n) is 5.83. The van der Waals surface area contributed by atoms with Gasteiger partial charge in [-0.3, -0.25) is 14.9 Å². The highest BCUT2D eigenvalue weighted by atomic mass is 32.1. The number of carbonyl (C=O) groups excluding carboxylic acids is 1. The molecule has 0 atom stereocenters. The molecule has 140 valence electrons. The number of non-ortho nitro benzene ring substituents is 1. The second kappa shape index (κ2) is 7.08. The number of furan rings is 1. The number of benzene rings is 1. The summed E-state index contributed by atoms with van der Waals surface area (Å²) in [6.07, 6.45) is 1.54. The van der Waals surface area contributed by atoms with Gasteiger partial charge in [0.05, 0.1) is 22.6 Å². The van der Waals surface area contributed by atoms with E-state index < -0.39 is 10.8 Å². The van der Waals surface area contributed by atoms with E-state index in [0.29, 0.717) is 28.0 Å². The SMILES string of the molecule is Cc1cc(NC(=O)c2csc(-c3ccco3)n2)n(-c2ccc([N+](=O)[O-])cc2)n1. The van der Waals surface area contributed by atoms with Crippen molar-refractivity contribution in [3.05, 3.63) is 75.6 Å². The van der Waals surface area contributed by atoms with Gasteiger partial charge in [-0.25, -0.2) is 9.67 Å². The fourth-order valence-electron chi connectivity index (χ4n) is 2.57. The lowest BCUT2D eigenvalue weighted by atomic mass is 10.3. The van der Waals surface area contributed by atoms with Crippen LogP contribution in [0.25, 0.3) is 16.5 Å². The summed E-state index contributed by atoms with van der Waals surface area (Å²) in [5.74, 6) is 0.636. The molecule has 3 heterocycles. The minimum absolute atomic E-state index is 0.0221. The molecule has 4 aromatic rings. The minimum atomic E-state index is -0.473. The predicted octanol–water partition coefficient (Wildman–Crippen LogP) is 4.06. The molecule has 0 saturated carbocycles. The zero-order chi connectivity index (χ0) is 19.7. The van der Waals surface area contributed by atoms with Gasteiger partial charge in [-0.15, -0.1) is 11.3 Å². The Bertz CT molecular complexity index is 1150. The molecule has 0 aliphatic heterocycles. The van der Waals surface area contributed by atoms with Gasteiger partial charge in [0.25, 0.3) is 11.6 Å². The van der Waals surface area contributed by atoms with E-state index in [1.165, 1.54) is 28.2 Å². The number of nitro groups is 1. The van der Waals surface area contributed by atoms with Crippen molar-refractivity contribution in [2.45, 2.75) is 6.92 Å². The largest absolute Gasteiger partial charge is 0.462 e. The molecule has 0 radical (unpaired) electrons. The smallest absolute Gasteiger partial charge is 0.276 e. The molecule has 1 aromatic carbocycles. The summed E-state index contributed by atoms with van der Waals surface area (Å²) in [5.41, 5.74) is 1.50. The fraction of sp³-hybridized carbons (Fsp3) is 0.0556. The molecule has 0 unspecified atom stereocenters. The summed E-state index contributed by atoms with van der Waals surface area (Å²) >= 11 is 1.30. The normalized spacial score (nSPS) is 10.8. The van der Waals surface area contributed by atoms with Gasteiger partial charge in [0.15, 0.2) is 10.8 Å². The van der Waals surface area contributed by atoms with Gasteiger partial charge >= 0.3 is 0 Å². The number of rotatable bonds is 5. The molecule has 9 nitrogen and oxygen atoms in total. The first-order valence-corrected chi connectivity index (χ1v) is 9.01. The quantitative estimate of drug-likeness (QED) is 0.402. The highest BCUT2D eigenvalue weighted by molar-refractivity contribution is 7.13. The molecule has 28 heavy (non-hydrogen) atoms. The maximum absolute atomic E-state index is 12.6. The van der Waals surface area contributed by atoms with Gasteiger partial charge in [-0.2, -0.15) is 5.10 Å². The average molecular weight is 395 g/mol. The number of nitrogens with zero attached hydrogens (tertiary/aromatic N) is 4. The number of anilines is 1.